The molecule has 0 aromatic heterocycles. The topological polar surface area (TPSA) is 52.6 Å². The number of likely N-dealkylation sites (tertiary alicyclic amines) is 1. The Kier molecular flexibility index (Phi) is 5.44. The largest absolute Gasteiger partial charge is 0.480 e. The Morgan fingerprint density at radius 1 is 1.35 bits per heavy atom. The van der Waals surface area contributed by atoms with Gasteiger partial charge in [0.15, 0.2) is 0 Å². The van der Waals surface area contributed by atoms with E-state index in [1.807, 2.05) is 13.8 Å². The summed E-state index contributed by atoms with van der Waals surface area (Å²) < 4.78 is 0. The molecule has 0 amide bonds. The van der Waals surface area contributed by atoms with Crippen LogP contribution in [0.5, 0.6) is 0 Å². The van der Waals surface area contributed by atoms with Gasteiger partial charge in [-0.25, -0.2) is 0 Å². The van der Waals surface area contributed by atoms with Crippen molar-refractivity contribution in [2.75, 3.05) is 19.6 Å². The second-order valence-corrected chi connectivity index (χ2v) is 6.71. The second-order valence-electron chi connectivity index (χ2n) is 6.71. The molecule has 2 rings (SSSR count). The lowest BCUT2D eigenvalue weighted by Crippen LogP contribution is -2.50. The van der Waals surface area contributed by atoms with E-state index in [9.17, 15) is 9.90 Å². The highest BCUT2D eigenvalue weighted by Gasteiger charge is 2.36. The lowest BCUT2D eigenvalue weighted by molar-refractivity contribution is -0.144. The fourth-order valence-electron chi connectivity index (χ4n) is 4.13. The number of hydrogen-bond donors (Lipinski definition) is 2. The van der Waals surface area contributed by atoms with Gasteiger partial charge in [0.25, 0.3) is 0 Å². The van der Waals surface area contributed by atoms with Crippen LogP contribution in [0.25, 0.3) is 0 Å². The Hall–Kier alpha value is -0.610. The zero-order valence-electron chi connectivity index (χ0n) is 13.0. The molecule has 0 radical (unpaired) electrons. The zero-order valence-corrected chi connectivity index (χ0v) is 13.0. The first-order valence-electron chi connectivity index (χ1n) is 8.29. The number of nitrogens with one attached hydrogen (secondary N) is 1. The lowest BCUT2D eigenvalue weighted by Gasteiger charge is -2.38. The maximum atomic E-state index is 11.4. The number of fused-ring (bicyclic) bond motifs is 1. The number of piperidine rings is 1. The van der Waals surface area contributed by atoms with E-state index >= 15 is 0 Å². The fraction of sp³-hybridized carbons (Fsp3) is 0.938. The normalized spacial score (nSPS) is 29.9. The van der Waals surface area contributed by atoms with Crippen LogP contribution in [0, 0.1) is 5.92 Å². The summed E-state index contributed by atoms with van der Waals surface area (Å²) in [6.45, 7) is 6.77. The van der Waals surface area contributed by atoms with E-state index < -0.39 is 11.5 Å². The van der Waals surface area contributed by atoms with E-state index in [2.05, 4.69) is 10.2 Å². The molecule has 0 aromatic carbocycles. The van der Waals surface area contributed by atoms with Crippen LogP contribution >= 0.6 is 0 Å². The summed E-state index contributed by atoms with van der Waals surface area (Å²) in [5.74, 6) is 0.195. The second kappa shape index (κ2) is 6.90. The van der Waals surface area contributed by atoms with Crippen LogP contribution < -0.4 is 5.32 Å². The van der Waals surface area contributed by atoms with Crippen molar-refractivity contribution >= 4 is 5.97 Å². The lowest BCUT2D eigenvalue weighted by atomic mass is 9.91. The van der Waals surface area contributed by atoms with Gasteiger partial charge in [0, 0.05) is 6.04 Å². The van der Waals surface area contributed by atoms with Gasteiger partial charge in [-0.2, -0.15) is 0 Å². The van der Waals surface area contributed by atoms with E-state index in [1.165, 1.54) is 38.6 Å². The molecular weight excluding hydrogens is 252 g/mol. The summed E-state index contributed by atoms with van der Waals surface area (Å²) in [4.78, 5) is 14.0. The minimum Gasteiger partial charge on any atom is -0.480 e. The molecule has 0 aromatic rings. The Bertz CT molecular complexity index is 334. The van der Waals surface area contributed by atoms with Crippen molar-refractivity contribution in [1.29, 1.82) is 0 Å². The van der Waals surface area contributed by atoms with Crippen LogP contribution in [0.2, 0.25) is 0 Å². The van der Waals surface area contributed by atoms with Gasteiger partial charge in [-0.1, -0.05) is 13.3 Å². The molecule has 1 aliphatic carbocycles. The molecule has 2 fully saturated rings. The molecule has 1 heterocycles. The molecule has 4 nitrogen and oxygen atoms in total. The van der Waals surface area contributed by atoms with Gasteiger partial charge < -0.3 is 15.3 Å². The van der Waals surface area contributed by atoms with Crippen molar-refractivity contribution in [3.05, 3.63) is 0 Å². The summed E-state index contributed by atoms with van der Waals surface area (Å²) in [5, 5.41) is 12.5. The fourth-order valence-corrected chi connectivity index (χ4v) is 4.13. The van der Waals surface area contributed by atoms with Gasteiger partial charge >= 0.3 is 5.97 Å². The third-order valence-corrected chi connectivity index (χ3v) is 5.27. The minimum absolute atomic E-state index is 0.706. The third kappa shape index (κ3) is 3.53. The number of aliphatic carboxylic acids is 1. The summed E-state index contributed by atoms with van der Waals surface area (Å²) in [7, 11) is 0. The molecule has 20 heavy (non-hydrogen) atoms. The number of rotatable bonds is 7. The van der Waals surface area contributed by atoms with Gasteiger partial charge in [-0.3, -0.25) is 4.79 Å². The van der Waals surface area contributed by atoms with Crippen LogP contribution in [-0.2, 0) is 4.79 Å². The van der Waals surface area contributed by atoms with Crippen LogP contribution in [0.4, 0.5) is 0 Å². The smallest absolute Gasteiger partial charge is 0.323 e. The van der Waals surface area contributed by atoms with E-state index in [1.54, 1.807) is 0 Å². The number of carboxylic acids is 1. The van der Waals surface area contributed by atoms with Gasteiger partial charge in [-0.15, -0.1) is 0 Å². The Labute approximate surface area is 122 Å². The van der Waals surface area contributed by atoms with Crippen molar-refractivity contribution in [2.24, 2.45) is 5.92 Å². The van der Waals surface area contributed by atoms with E-state index in [4.69, 9.17) is 0 Å². The van der Waals surface area contributed by atoms with Gasteiger partial charge in [0.05, 0.1) is 0 Å². The Morgan fingerprint density at radius 2 is 2.10 bits per heavy atom. The average molecular weight is 282 g/mol. The molecule has 1 aliphatic heterocycles. The highest BCUT2D eigenvalue weighted by Crippen LogP contribution is 2.36. The monoisotopic (exact) mass is 282 g/mol. The summed E-state index contributed by atoms with van der Waals surface area (Å²) >= 11 is 0. The van der Waals surface area contributed by atoms with Gasteiger partial charge in [0.1, 0.15) is 5.54 Å². The van der Waals surface area contributed by atoms with E-state index in [-0.39, 0.29) is 0 Å². The molecule has 3 atom stereocenters. The maximum absolute atomic E-state index is 11.4. The summed E-state index contributed by atoms with van der Waals surface area (Å²) in [5.41, 5.74) is -0.764. The van der Waals surface area contributed by atoms with Crippen LogP contribution in [0.3, 0.4) is 0 Å². The molecule has 2 N–H and O–H groups in total. The molecule has 4 heteroatoms. The minimum atomic E-state index is -0.764. The first-order valence-corrected chi connectivity index (χ1v) is 8.29. The summed E-state index contributed by atoms with van der Waals surface area (Å²) in [6, 6.07) is 0.791. The number of carbonyl (C=O) groups is 1. The molecule has 0 bridgehead atoms. The van der Waals surface area contributed by atoms with Gasteiger partial charge in [0.2, 0.25) is 0 Å². The number of likely N-dealkylation sites (N-methyl/N-ethyl adjacent to an activating group) is 1. The van der Waals surface area contributed by atoms with Crippen molar-refractivity contribution < 1.29 is 9.90 Å². The first kappa shape index (κ1) is 15.8. The molecule has 1 saturated carbocycles. The van der Waals surface area contributed by atoms with Crippen molar-refractivity contribution in [2.45, 2.75) is 70.4 Å². The Morgan fingerprint density at radius 3 is 2.80 bits per heavy atom. The van der Waals surface area contributed by atoms with Crippen LogP contribution in [0.1, 0.15) is 58.8 Å². The van der Waals surface area contributed by atoms with Gasteiger partial charge in [-0.05, 0) is 71.0 Å². The van der Waals surface area contributed by atoms with Crippen LogP contribution in [-0.4, -0.2) is 47.2 Å². The zero-order chi connectivity index (χ0) is 14.6. The van der Waals surface area contributed by atoms with Crippen LogP contribution in [0.15, 0.2) is 0 Å². The standard InChI is InChI=1S/C16H30N2O2/c1-3-17-16(2,15(19)20)10-6-12-18-11-5-8-13-7-4-9-14(13)18/h13-14,17H,3-12H2,1-2H3,(H,19,20). The quantitative estimate of drug-likeness (QED) is 0.753. The first-order chi connectivity index (χ1) is 9.57. The molecular formula is C16H30N2O2. The average Bonchev–Trinajstić information content (AvgIpc) is 2.88. The predicted molar refractivity (Wildman–Crippen MR) is 80.9 cm³/mol. The molecule has 116 valence electrons. The van der Waals surface area contributed by atoms with Crippen molar-refractivity contribution in [1.82, 2.24) is 10.2 Å². The highest BCUT2D eigenvalue weighted by molar-refractivity contribution is 5.78. The summed E-state index contributed by atoms with van der Waals surface area (Å²) in [6.07, 6.45) is 8.56. The number of hydrogen-bond acceptors (Lipinski definition) is 3. The highest BCUT2D eigenvalue weighted by atomic mass is 16.4. The number of nitrogens with zero attached hydrogens (tertiary/aromatic N) is 1. The predicted octanol–water partition coefficient (Wildman–Crippen LogP) is 2.48. The SMILES string of the molecule is CCNC(C)(CCCN1CCCC2CCCC21)C(=O)O. The van der Waals surface area contributed by atoms with E-state index in [0.29, 0.717) is 13.0 Å². The molecule has 1 saturated heterocycles. The van der Waals surface area contributed by atoms with Crippen molar-refractivity contribution in [3.8, 4) is 0 Å². The molecule has 3 unspecified atom stereocenters. The Balaban J connectivity index is 1.81. The molecule has 2 aliphatic rings. The third-order valence-electron chi connectivity index (χ3n) is 5.27. The van der Waals surface area contributed by atoms with Crippen molar-refractivity contribution in [3.63, 3.8) is 0 Å². The number of carboxylic acid groups (broad SMARTS) is 1. The van der Waals surface area contributed by atoms with E-state index in [0.717, 1.165) is 24.9 Å². The molecule has 0 spiro atoms. The maximum Gasteiger partial charge on any atom is 0.323 e.